The average molecular weight is 303 g/mol. The molecule has 1 fully saturated rings. The predicted molar refractivity (Wildman–Crippen MR) is 78.2 cm³/mol. The van der Waals surface area contributed by atoms with E-state index in [9.17, 15) is 9.18 Å². The van der Waals surface area contributed by atoms with Gasteiger partial charge >= 0.3 is 0 Å². The quantitative estimate of drug-likeness (QED) is 0.936. The summed E-state index contributed by atoms with van der Waals surface area (Å²) in [6.07, 6.45) is 5.60. The van der Waals surface area contributed by atoms with Gasteiger partial charge in [-0.1, -0.05) is 31.4 Å². The number of halogens is 1. The predicted octanol–water partition coefficient (Wildman–Crippen LogP) is 1.93. The third-order valence-electron chi connectivity index (χ3n) is 3.82. The number of hydrogen-bond donors (Lipinski definition) is 1. The number of rotatable bonds is 4. The van der Waals surface area contributed by atoms with Crippen LogP contribution >= 0.6 is 0 Å². The Balaban J connectivity index is 1.62. The summed E-state index contributed by atoms with van der Waals surface area (Å²) in [5.41, 5.74) is 0.279. The van der Waals surface area contributed by atoms with Crippen LogP contribution < -0.4 is 5.32 Å². The molecule has 0 radical (unpaired) electrons. The van der Waals surface area contributed by atoms with Gasteiger partial charge in [0.2, 0.25) is 11.7 Å². The molecule has 6 nitrogen and oxygen atoms in total. The molecule has 0 saturated heterocycles. The van der Waals surface area contributed by atoms with Gasteiger partial charge in [-0.25, -0.2) is 4.39 Å². The number of nitrogens with one attached hydrogen (secondary N) is 1. The lowest BCUT2D eigenvalue weighted by atomic mass is 9.95. The number of hydrogen-bond acceptors (Lipinski definition) is 4. The van der Waals surface area contributed by atoms with Crippen molar-refractivity contribution in [3.63, 3.8) is 0 Å². The molecule has 0 unspecified atom stereocenters. The molecule has 3 rings (SSSR count). The zero-order valence-corrected chi connectivity index (χ0v) is 12.2. The molecule has 1 amide bonds. The monoisotopic (exact) mass is 303 g/mol. The molecular weight excluding hydrogens is 285 g/mol. The summed E-state index contributed by atoms with van der Waals surface area (Å²) < 4.78 is 13.7. The van der Waals surface area contributed by atoms with Crippen LogP contribution in [0.15, 0.2) is 24.3 Å². The Labute approximate surface area is 127 Å². The van der Waals surface area contributed by atoms with E-state index in [4.69, 9.17) is 0 Å². The van der Waals surface area contributed by atoms with Crippen LogP contribution in [0.2, 0.25) is 0 Å². The molecule has 0 spiro atoms. The van der Waals surface area contributed by atoms with Crippen LogP contribution in [0.1, 0.15) is 32.1 Å². The molecule has 1 aliphatic carbocycles. The summed E-state index contributed by atoms with van der Waals surface area (Å²) in [5.74, 6) is -0.360. The van der Waals surface area contributed by atoms with Crippen LogP contribution in [-0.2, 0) is 11.3 Å². The molecule has 0 aliphatic heterocycles. The fourth-order valence-corrected chi connectivity index (χ4v) is 2.71. The number of carbonyl (C=O) groups excluding carboxylic acids is 1. The highest BCUT2D eigenvalue weighted by atomic mass is 19.1. The fraction of sp³-hybridized carbons (Fsp3) is 0.467. The van der Waals surface area contributed by atoms with Crippen molar-refractivity contribution in [3.05, 3.63) is 30.1 Å². The van der Waals surface area contributed by atoms with Gasteiger partial charge in [0.25, 0.3) is 0 Å². The third-order valence-corrected chi connectivity index (χ3v) is 3.82. The highest BCUT2D eigenvalue weighted by Gasteiger charge is 2.17. The van der Waals surface area contributed by atoms with Crippen molar-refractivity contribution in [2.75, 3.05) is 0 Å². The smallest absolute Gasteiger partial charge is 0.243 e. The zero-order chi connectivity index (χ0) is 15.4. The van der Waals surface area contributed by atoms with E-state index in [1.54, 1.807) is 18.2 Å². The van der Waals surface area contributed by atoms with E-state index in [0.29, 0.717) is 0 Å². The summed E-state index contributed by atoms with van der Waals surface area (Å²) in [6, 6.07) is 6.47. The second-order valence-corrected chi connectivity index (χ2v) is 5.53. The van der Waals surface area contributed by atoms with Gasteiger partial charge in [0, 0.05) is 6.04 Å². The summed E-state index contributed by atoms with van der Waals surface area (Å²) in [7, 11) is 0. The van der Waals surface area contributed by atoms with E-state index in [1.807, 2.05) is 0 Å². The maximum atomic E-state index is 13.7. The largest absolute Gasteiger partial charge is 0.352 e. The summed E-state index contributed by atoms with van der Waals surface area (Å²) in [6.45, 7) is -0.00203. The summed E-state index contributed by atoms with van der Waals surface area (Å²) >= 11 is 0. The van der Waals surface area contributed by atoms with Gasteiger partial charge in [-0.15, -0.1) is 10.2 Å². The minimum absolute atomic E-state index is 0.00203. The average Bonchev–Trinajstić information content (AvgIpc) is 2.97. The Morgan fingerprint density at radius 3 is 2.82 bits per heavy atom. The van der Waals surface area contributed by atoms with Crippen molar-refractivity contribution < 1.29 is 9.18 Å². The van der Waals surface area contributed by atoms with E-state index in [0.717, 1.165) is 25.7 Å². The van der Waals surface area contributed by atoms with E-state index in [2.05, 4.69) is 20.7 Å². The molecule has 1 aromatic heterocycles. The molecular formula is C15H18FN5O. The van der Waals surface area contributed by atoms with Gasteiger partial charge in [-0.2, -0.15) is 4.80 Å². The van der Waals surface area contributed by atoms with Gasteiger partial charge in [0.05, 0.1) is 5.56 Å². The van der Waals surface area contributed by atoms with Crippen LogP contribution in [0, 0.1) is 5.82 Å². The zero-order valence-electron chi connectivity index (χ0n) is 12.2. The van der Waals surface area contributed by atoms with Crippen LogP contribution in [0.5, 0.6) is 0 Å². The second kappa shape index (κ2) is 6.64. The number of aromatic nitrogens is 4. The third kappa shape index (κ3) is 3.47. The Bertz CT molecular complexity index is 651. The number of nitrogens with zero attached hydrogens (tertiary/aromatic N) is 4. The first kappa shape index (κ1) is 14.6. The van der Waals surface area contributed by atoms with Gasteiger partial charge < -0.3 is 5.32 Å². The minimum Gasteiger partial charge on any atom is -0.352 e. The lowest BCUT2D eigenvalue weighted by Gasteiger charge is -2.22. The second-order valence-electron chi connectivity index (χ2n) is 5.53. The Morgan fingerprint density at radius 2 is 2.05 bits per heavy atom. The number of benzene rings is 1. The van der Waals surface area contributed by atoms with E-state index in [-0.39, 0.29) is 29.9 Å². The minimum atomic E-state index is -0.409. The molecule has 7 heteroatoms. The van der Waals surface area contributed by atoms with E-state index < -0.39 is 5.82 Å². The van der Waals surface area contributed by atoms with Crippen molar-refractivity contribution in [1.82, 2.24) is 25.5 Å². The molecule has 1 aliphatic rings. The maximum absolute atomic E-state index is 13.7. The van der Waals surface area contributed by atoms with Crippen molar-refractivity contribution in [2.45, 2.75) is 44.7 Å². The van der Waals surface area contributed by atoms with Crippen molar-refractivity contribution in [1.29, 1.82) is 0 Å². The lowest BCUT2D eigenvalue weighted by molar-refractivity contribution is -0.123. The van der Waals surface area contributed by atoms with E-state index in [1.165, 1.54) is 17.3 Å². The van der Waals surface area contributed by atoms with Crippen molar-refractivity contribution in [3.8, 4) is 11.4 Å². The van der Waals surface area contributed by atoms with Crippen molar-refractivity contribution >= 4 is 5.91 Å². The normalized spacial score (nSPS) is 15.7. The van der Waals surface area contributed by atoms with Crippen LogP contribution in [0.3, 0.4) is 0 Å². The van der Waals surface area contributed by atoms with Gasteiger partial charge in [0.15, 0.2) is 0 Å². The van der Waals surface area contributed by atoms with Crippen LogP contribution in [-0.4, -0.2) is 32.2 Å². The number of amides is 1. The van der Waals surface area contributed by atoms with Crippen molar-refractivity contribution in [2.24, 2.45) is 0 Å². The summed E-state index contributed by atoms with van der Waals surface area (Å²) in [5, 5.41) is 14.7. The Kier molecular flexibility index (Phi) is 4.41. The highest BCUT2D eigenvalue weighted by Crippen LogP contribution is 2.18. The molecule has 116 valence electrons. The molecule has 2 aromatic rings. The first-order valence-electron chi connectivity index (χ1n) is 7.54. The SMILES string of the molecule is O=C(Cn1nnc(-c2ccccc2F)n1)NC1CCCCC1. The van der Waals surface area contributed by atoms with Gasteiger partial charge in [-0.05, 0) is 30.2 Å². The molecule has 0 bridgehead atoms. The topological polar surface area (TPSA) is 72.7 Å². The Hall–Kier alpha value is -2.31. The first-order valence-corrected chi connectivity index (χ1v) is 7.54. The highest BCUT2D eigenvalue weighted by molar-refractivity contribution is 5.75. The van der Waals surface area contributed by atoms with Crippen LogP contribution in [0.25, 0.3) is 11.4 Å². The molecule has 1 saturated carbocycles. The number of tetrazole rings is 1. The molecule has 0 atom stereocenters. The Morgan fingerprint density at radius 1 is 1.27 bits per heavy atom. The molecule has 22 heavy (non-hydrogen) atoms. The van der Waals surface area contributed by atoms with E-state index >= 15 is 0 Å². The van der Waals surface area contributed by atoms with Crippen LogP contribution in [0.4, 0.5) is 4.39 Å². The lowest BCUT2D eigenvalue weighted by Crippen LogP contribution is -2.38. The van der Waals surface area contributed by atoms with Gasteiger partial charge in [-0.3, -0.25) is 4.79 Å². The fourth-order valence-electron chi connectivity index (χ4n) is 2.71. The summed E-state index contributed by atoms with van der Waals surface area (Å²) in [4.78, 5) is 13.2. The maximum Gasteiger partial charge on any atom is 0.243 e. The first-order chi connectivity index (χ1) is 10.7. The standard InChI is InChI=1S/C15H18FN5O/c16-13-9-5-4-8-12(13)15-18-20-21(19-15)10-14(22)17-11-6-2-1-3-7-11/h4-5,8-9,11H,1-3,6-7,10H2,(H,17,22). The number of carbonyl (C=O) groups is 1. The molecule has 1 aromatic carbocycles. The molecule has 1 heterocycles. The van der Waals surface area contributed by atoms with Gasteiger partial charge in [0.1, 0.15) is 12.4 Å². The molecule has 1 N–H and O–H groups in total.